The lowest BCUT2D eigenvalue weighted by Crippen LogP contribution is -2.48. The van der Waals surface area contributed by atoms with E-state index in [1.807, 2.05) is 6.07 Å². The highest BCUT2D eigenvalue weighted by atomic mass is 35.5. The molecule has 0 unspecified atom stereocenters. The summed E-state index contributed by atoms with van der Waals surface area (Å²) >= 11 is 0. The van der Waals surface area contributed by atoms with Gasteiger partial charge in [-0.25, -0.2) is 4.39 Å². The molecule has 0 atom stereocenters. The number of nitrogens with one attached hydrogen (secondary N) is 1. The predicted octanol–water partition coefficient (Wildman–Crippen LogP) is 3.85. The standard InChI is InChI=1S/C18H20FN3O2.2ClH/c19-15-11-13(22-17(23)18(20)8-2-3-9-18)6-7-16(15)24-12-14-5-1-4-10-21-14;;/h1,4-7,10-11H,2-3,8-9,12,20H2,(H,22,23);2*1H. The van der Waals surface area contributed by atoms with Crippen LogP contribution in [0.2, 0.25) is 0 Å². The smallest absolute Gasteiger partial charge is 0.244 e. The first kappa shape index (κ1) is 22.2. The van der Waals surface area contributed by atoms with Gasteiger partial charge in [-0.05, 0) is 37.1 Å². The first-order valence-electron chi connectivity index (χ1n) is 7.99. The summed E-state index contributed by atoms with van der Waals surface area (Å²) in [4.78, 5) is 16.4. The number of aromatic nitrogens is 1. The zero-order chi connectivity index (χ0) is 17.0. The van der Waals surface area contributed by atoms with Gasteiger partial charge in [-0.1, -0.05) is 18.9 Å². The van der Waals surface area contributed by atoms with Crippen LogP contribution in [-0.4, -0.2) is 16.4 Å². The second-order valence-corrected chi connectivity index (χ2v) is 6.07. The fraction of sp³-hybridized carbons (Fsp3) is 0.333. The van der Waals surface area contributed by atoms with Gasteiger partial charge >= 0.3 is 0 Å². The van der Waals surface area contributed by atoms with Crippen LogP contribution in [0.4, 0.5) is 10.1 Å². The summed E-state index contributed by atoms with van der Waals surface area (Å²) in [5, 5.41) is 2.69. The summed E-state index contributed by atoms with van der Waals surface area (Å²) in [7, 11) is 0. The molecule has 0 radical (unpaired) electrons. The van der Waals surface area contributed by atoms with Crippen LogP contribution in [0.25, 0.3) is 0 Å². The zero-order valence-electron chi connectivity index (χ0n) is 14.1. The monoisotopic (exact) mass is 401 g/mol. The van der Waals surface area contributed by atoms with Gasteiger partial charge in [-0.3, -0.25) is 9.78 Å². The molecule has 0 aliphatic heterocycles. The molecule has 1 aliphatic carbocycles. The molecule has 0 spiro atoms. The maximum absolute atomic E-state index is 14.1. The Bertz CT molecular complexity index is 726. The number of pyridine rings is 1. The fourth-order valence-corrected chi connectivity index (χ4v) is 2.82. The number of anilines is 1. The number of amides is 1. The molecular formula is C18H22Cl2FN3O2. The van der Waals surface area contributed by atoms with Crippen molar-refractivity contribution in [1.29, 1.82) is 0 Å². The van der Waals surface area contributed by atoms with Crippen LogP contribution < -0.4 is 15.8 Å². The van der Waals surface area contributed by atoms with Gasteiger partial charge in [0.1, 0.15) is 6.61 Å². The van der Waals surface area contributed by atoms with Crippen molar-refractivity contribution in [2.45, 2.75) is 37.8 Å². The summed E-state index contributed by atoms with van der Waals surface area (Å²) in [5.41, 5.74) is 6.33. The molecule has 1 saturated carbocycles. The number of carbonyl (C=O) groups is 1. The molecular weight excluding hydrogens is 380 g/mol. The number of hydrogen-bond donors (Lipinski definition) is 2. The molecule has 1 aliphatic rings. The van der Waals surface area contributed by atoms with Crippen molar-refractivity contribution in [2.75, 3.05) is 5.32 Å². The number of ether oxygens (including phenoxy) is 1. The average Bonchev–Trinajstić information content (AvgIpc) is 3.03. The van der Waals surface area contributed by atoms with Gasteiger partial charge in [0.05, 0.1) is 11.2 Å². The number of rotatable bonds is 5. The van der Waals surface area contributed by atoms with Gasteiger partial charge in [-0.2, -0.15) is 0 Å². The number of nitrogens with zero attached hydrogens (tertiary/aromatic N) is 1. The summed E-state index contributed by atoms with van der Waals surface area (Å²) in [5.74, 6) is -0.690. The maximum atomic E-state index is 14.1. The molecule has 1 aromatic heterocycles. The molecule has 26 heavy (non-hydrogen) atoms. The molecule has 2 aromatic rings. The van der Waals surface area contributed by atoms with E-state index in [2.05, 4.69) is 10.3 Å². The normalized spacial score (nSPS) is 14.7. The zero-order valence-corrected chi connectivity index (χ0v) is 15.7. The number of halogens is 3. The van der Waals surface area contributed by atoms with Crippen LogP contribution in [0.5, 0.6) is 5.75 Å². The van der Waals surface area contributed by atoms with E-state index in [0.717, 1.165) is 12.8 Å². The lowest BCUT2D eigenvalue weighted by Gasteiger charge is -2.22. The van der Waals surface area contributed by atoms with Crippen LogP contribution in [0.1, 0.15) is 31.4 Å². The molecule has 142 valence electrons. The van der Waals surface area contributed by atoms with Gasteiger partial charge in [-0.15, -0.1) is 24.8 Å². The third-order valence-corrected chi connectivity index (χ3v) is 4.24. The van der Waals surface area contributed by atoms with Crippen LogP contribution in [0.15, 0.2) is 42.6 Å². The summed E-state index contributed by atoms with van der Waals surface area (Å²) < 4.78 is 19.6. The molecule has 1 heterocycles. The lowest BCUT2D eigenvalue weighted by molar-refractivity contribution is -0.121. The van der Waals surface area contributed by atoms with E-state index in [0.29, 0.717) is 24.2 Å². The molecule has 0 bridgehead atoms. The molecule has 1 aromatic carbocycles. The van der Waals surface area contributed by atoms with Crippen molar-refractivity contribution in [1.82, 2.24) is 4.98 Å². The van der Waals surface area contributed by atoms with Crippen molar-refractivity contribution >= 4 is 36.4 Å². The van der Waals surface area contributed by atoms with Crippen LogP contribution in [-0.2, 0) is 11.4 Å². The SMILES string of the molecule is Cl.Cl.NC1(C(=O)Nc2ccc(OCc3ccccn3)c(F)c2)CCCC1. The summed E-state index contributed by atoms with van der Waals surface area (Å²) in [6.45, 7) is 0.176. The molecule has 1 amide bonds. The Balaban J connectivity index is 0.00000169. The Hall–Kier alpha value is -1.89. The highest BCUT2D eigenvalue weighted by molar-refractivity contribution is 5.98. The molecule has 3 N–H and O–H groups in total. The summed E-state index contributed by atoms with van der Waals surface area (Å²) in [6.07, 6.45) is 4.86. The lowest BCUT2D eigenvalue weighted by atomic mass is 9.98. The van der Waals surface area contributed by atoms with Gasteiger partial charge < -0.3 is 15.8 Å². The Morgan fingerprint density at radius 2 is 1.96 bits per heavy atom. The quantitative estimate of drug-likeness (QED) is 0.797. The highest BCUT2D eigenvalue weighted by Gasteiger charge is 2.37. The number of hydrogen-bond acceptors (Lipinski definition) is 4. The first-order chi connectivity index (χ1) is 11.6. The van der Waals surface area contributed by atoms with E-state index in [4.69, 9.17) is 10.5 Å². The Morgan fingerprint density at radius 1 is 1.23 bits per heavy atom. The fourth-order valence-electron chi connectivity index (χ4n) is 2.82. The van der Waals surface area contributed by atoms with E-state index in [9.17, 15) is 9.18 Å². The van der Waals surface area contributed by atoms with Crippen molar-refractivity contribution < 1.29 is 13.9 Å². The predicted molar refractivity (Wildman–Crippen MR) is 103 cm³/mol. The number of nitrogens with two attached hydrogens (primary N) is 1. The minimum atomic E-state index is -0.843. The highest BCUT2D eigenvalue weighted by Crippen LogP contribution is 2.29. The summed E-state index contributed by atoms with van der Waals surface area (Å²) in [6, 6.07) is 9.78. The van der Waals surface area contributed by atoms with Crippen molar-refractivity contribution in [3.63, 3.8) is 0 Å². The minimum absolute atomic E-state index is 0. The van der Waals surface area contributed by atoms with E-state index in [1.54, 1.807) is 24.4 Å². The minimum Gasteiger partial charge on any atom is -0.484 e. The van der Waals surface area contributed by atoms with E-state index >= 15 is 0 Å². The van der Waals surface area contributed by atoms with E-state index in [-0.39, 0.29) is 43.1 Å². The van der Waals surface area contributed by atoms with Gasteiger partial charge in [0.2, 0.25) is 5.91 Å². The van der Waals surface area contributed by atoms with E-state index in [1.165, 1.54) is 12.1 Å². The molecule has 8 heteroatoms. The molecule has 1 fully saturated rings. The van der Waals surface area contributed by atoms with Crippen molar-refractivity contribution in [3.8, 4) is 5.75 Å². The van der Waals surface area contributed by atoms with Gasteiger partial charge in [0.15, 0.2) is 11.6 Å². The maximum Gasteiger partial charge on any atom is 0.244 e. The van der Waals surface area contributed by atoms with Crippen molar-refractivity contribution in [2.24, 2.45) is 5.73 Å². The third-order valence-electron chi connectivity index (χ3n) is 4.24. The van der Waals surface area contributed by atoms with Gasteiger partial charge in [0.25, 0.3) is 0 Å². The topological polar surface area (TPSA) is 77.2 Å². The molecule has 5 nitrogen and oxygen atoms in total. The Labute approximate surface area is 164 Å². The second-order valence-electron chi connectivity index (χ2n) is 6.07. The largest absolute Gasteiger partial charge is 0.484 e. The Kier molecular flexibility index (Phi) is 8.27. The molecule has 3 rings (SSSR count). The second kappa shape index (κ2) is 9.71. The number of benzene rings is 1. The van der Waals surface area contributed by atoms with Crippen LogP contribution in [0.3, 0.4) is 0 Å². The van der Waals surface area contributed by atoms with Gasteiger partial charge in [0, 0.05) is 18.0 Å². The van der Waals surface area contributed by atoms with Crippen molar-refractivity contribution in [3.05, 3.63) is 54.1 Å². The number of carbonyl (C=O) groups excluding carboxylic acids is 1. The third kappa shape index (κ3) is 5.30. The average molecular weight is 402 g/mol. The van der Waals surface area contributed by atoms with Crippen LogP contribution in [0, 0.1) is 5.82 Å². The Morgan fingerprint density at radius 3 is 2.58 bits per heavy atom. The van der Waals surface area contributed by atoms with E-state index < -0.39 is 11.4 Å². The first-order valence-corrected chi connectivity index (χ1v) is 7.99. The molecule has 0 saturated heterocycles. The van der Waals surface area contributed by atoms with Crippen LogP contribution >= 0.6 is 24.8 Å².